The van der Waals surface area contributed by atoms with E-state index in [-0.39, 0.29) is 5.91 Å². The third-order valence-corrected chi connectivity index (χ3v) is 5.53. The highest BCUT2D eigenvalue weighted by molar-refractivity contribution is 6.00. The summed E-state index contributed by atoms with van der Waals surface area (Å²) in [5.41, 5.74) is 7.43. The van der Waals surface area contributed by atoms with Crippen LogP contribution in [0.25, 0.3) is 11.3 Å². The van der Waals surface area contributed by atoms with E-state index in [1.807, 2.05) is 62.4 Å². The van der Waals surface area contributed by atoms with Gasteiger partial charge < -0.3 is 4.74 Å². The van der Waals surface area contributed by atoms with Gasteiger partial charge in [-0.2, -0.15) is 10.2 Å². The van der Waals surface area contributed by atoms with E-state index in [1.54, 1.807) is 6.07 Å². The first-order chi connectivity index (χ1) is 16.1. The summed E-state index contributed by atoms with van der Waals surface area (Å²) >= 11 is 0. The van der Waals surface area contributed by atoms with Gasteiger partial charge in [0.15, 0.2) is 0 Å². The summed E-state index contributed by atoms with van der Waals surface area (Å²) in [5.74, 6) is 0.515. The van der Waals surface area contributed by atoms with Crippen LogP contribution in [0.2, 0.25) is 0 Å². The van der Waals surface area contributed by atoms with Crippen LogP contribution in [-0.4, -0.2) is 28.4 Å². The predicted octanol–water partition coefficient (Wildman–Crippen LogP) is 6.28. The quantitative estimate of drug-likeness (QED) is 0.195. The van der Waals surface area contributed by atoms with Gasteiger partial charge in [0.1, 0.15) is 11.4 Å². The topological polar surface area (TPSA) is 79.4 Å². The summed E-state index contributed by atoms with van der Waals surface area (Å²) in [5, 5.41) is 11.3. The molecule has 1 amide bonds. The number of hydrazone groups is 1. The van der Waals surface area contributed by atoms with Crippen molar-refractivity contribution in [2.24, 2.45) is 5.10 Å². The van der Waals surface area contributed by atoms with Crippen LogP contribution in [0, 0.1) is 6.92 Å². The Morgan fingerprint density at radius 3 is 2.42 bits per heavy atom. The summed E-state index contributed by atoms with van der Waals surface area (Å²) in [6, 6.07) is 17.5. The highest BCUT2D eigenvalue weighted by Crippen LogP contribution is 2.21. The van der Waals surface area contributed by atoms with Gasteiger partial charge in [-0.1, -0.05) is 68.9 Å². The van der Waals surface area contributed by atoms with Crippen molar-refractivity contribution in [1.82, 2.24) is 15.6 Å². The second-order valence-corrected chi connectivity index (χ2v) is 8.31. The fourth-order valence-corrected chi connectivity index (χ4v) is 3.43. The van der Waals surface area contributed by atoms with E-state index in [1.165, 1.54) is 37.7 Å². The lowest BCUT2D eigenvalue weighted by Gasteiger charge is -2.06. The van der Waals surface area contributed by atoms with Crippen LogP contribution in [0.4, 0.5) is 0 Å². The van der Waals surface area contributed by atoms with Gasteiger partial charge >= 0.3 is 0 Å². The monoisotopic (exact) mass is 446 g/mol. The zero-order chi connectivity index (χ0) is 23.5. The first-order valence-electron chi connectivity index (χ1n) is 11.8. The van der Waals surface area contributed by atoms with Crippen LogP contribution >= 0.6 is 0 Å². The van der Waals surface area contributed by atoms with Crippen molar-refractivity contribution in [1.29, 1.82) is 0 Å². The van der Waals surface area contributed by atoms with Gasteiger partial charge in [-0.25, -0.2) is 5.43 Å². The number of unbranched alkanes of at least 4 members (excludes halogenated alkanes) is 5. The summed E-state index contributed by atoms with van der Waals surface area (Å²) in [7, 11) is 0. The Bertz CT molecular complexity index is 1040. The zero-order valence-corrected chi connectivity index (χ0v) is 19.9. The van der Waals surface area contributed by atoms with Gasteiger partial charge in [0.25, 0.3) is 5.91 Å². The number of aryl methyl sites for hydroxylation is 1. The van der Waals surface area contributed by atoms with Gasteiger partial charge in [0, 0.05) is 5.56 Å². The van der Waals surface area contributed by atoms with E-state index < -0.39 is 0 Å². The second kappa shape index (κ2) is 12.6. The minimum Gasteiger partial charge on any atom is -0.494 e. The molecule has 0 radical (unpaired) electrons. The number of amides is 1. The SMILES string of the molecule is CCCCCCCCOc1ccc(-c2cc(C(=O)N/N=C(/C)c3ccc(C)cc3)[nH]n2)cc1. The van der Waals surface area contributed by atoms with E-state index in [2.05, 4.69) is 27.6 Å². The average Bonchev–Trinajstić information content (AvgIpc) is 3.33. The lowest BCUT2D eigenvalue weighted by molar-refractivity contribution is 0.0950. The third kappa shape index (κ3) is 7.59. The van der Waals surface area contributed by atoms with Crippen molar-refractivity contribution in [2.45, 2.75) is 59.3 Å². The van der Waals surface area contributed by atoms with Crippen LogP contribution in [0.5, 0.6) is 5.75 Å². The van der Waals surface area contributed by atoms with Crippen LogP contribution in [0.15, 0.2) is 59.7 Å². The normalized spacial score (nSPS) is 11.4. The van der Waals surface area contributed by atoms with Gasteiger partial charge in [-0.05, 0) is 56.2 Å². The van der Waals surface area contributed by atoms with Crippen LogP contribution in [-0.2, 0) is 0 Å². The number of carbonyl (C=O) groups is 1. The molecule has 174 valence electrons. The van der Waals surface area contributed by atoms with Crippen molar-refractivity contribution in [3.8, 4) is 17.0 Å². The molecular formula is C27H34N4O2. The number of H-pyrrole nitrogens is 1. The molecule has 0 saturated carbocycles. The fourth-order valence-electron chi connectivity index (χ4n) is 3.43. The minimum atomic E-state index is -0.334. The van der Waals surface area contributed by atoms with Crippen LogP contribution < -0.4 is 10.2 Å². The zero-order valence-electron chi connectivity index (χ0n) is 19.9. The summed E-state index contributed by atoms with van der Waals surface area (Å²) < 4.78 is 5.84. The van der Waals surface area contributed by atoms with Crippen molar-refractivity contribution >= 4 is 11.6 Å². The number of nitrogens with zero attached hydrogens (tertiary/aromatic N) is 2. The van der Waals surface area contributed by atoms with E-state index >= 15 is 0 Å². The summed E-state index contributed by atoms with van der Waals surface area (Å²) in [6.45, 7) is 6.86. The Morgan fingerprint density at radius 1 is 1.00 bits per heavy atom. The molecule has 0 aliphatic carbocycles. The maximum Gasteiger partial charge on any atom is 0.289 e. The molecule has 1 aromatic heterocycles. The molecule has 2 aromatic carbocycles. The first-order valence-corrected chi connectivity index (χ1v) is 11.8. The highest BCUT2D eigenvalue weighted by atomic mass is 16.5. The average molecular weight is 447 g/mol. The Kier molecular flexibility index (Phi) is 9.24. The molecule has 6 nitrogen and oxygen atoms in total. The molecule has 0 unspecified atom stereocenters. The maximum atomic E-state index is 12.5. The van der Waals surface area contributed by atoms with Crippen LogP contribution in [0.3, 0.4) is 0 Å². The van der Waals surface area contributed by atoms with Crippen molar-refractivity contribution in [3.05, 3.63) is 71.4 Å². The number of aromatic nitrogens is 2. The molecule has 6 heteroatoms. The number of rotatable bonds is 12. The molecule has 0 aliphatic rings. The van der Waals surface area contributed by atoms with E-state index in [0.717, 1.165) is 35.6 Å². The molecule has 2 N–H and O–H groups in total. The van der Waals surface area contributed by atoms with Crippen molar-refractivity contribution in [2.75, 3.05) is 6.61 Å². The number of benzene rings is 2. The number of nitrogens with one attached hydrogen (secondary N) is 2. The van der Waals surface area contributed by atoms with Crippen molar-refractivity contribution < 1.29 is 9.53 Å². The lowest BCUT2D eigenvalue weighted by atomic mass is 10.1. The Hall–Kier alpha value is -3.41. The third-order valence-electron chi connectivity index (χ3n) is 5.53. The van der Waals surface area contributed by atoms with Gasteiger partial charge in [0.2, 0.25) is 0 Å². The second-order valence-electron chi connectivity index (χ2n) is 8.31. The van der Waals surface area contributed by atoms with Crippen LogP contribution in [0.1, 0.15) is 74.0 Å². The Morgan fingerprint density at radius 2 is 1.70 bits per heavy atom. The molecule has 33 heavy (non-hydrogen) atoms. The molecule has 0 aliphatic heterocycles. The number of hydrogen-bond acceptors (Lipinski definition) is 4. The van der Waals surface area contributed by atoms with Gasteiger partial charge in [-0.15, -0.1) is 0 Å². The van der Waals surface area contributed by atoms with Gasteiger partial charge in [0.05, 0.1) is 18.0 Å². The van der Waals surface area contributed by atoms with E-state index in [4.69, 9.17) is 4.74 Å². The van der Waals surface area contributed by atoms with Gasteiger partial charge in [-0.3, -0.25) is 9.89 Å². The lowest BCUT2D eigenvalue weighted by Crippen LogP contribution is -2.19. The molecule has 3 rings (SSSR count). The molecule has 0 atom stereocenters. The fraction of sp³-hybridized carbons (Fsp3) is 0.370. The standard InChI is InChI=1S/C27H34N4O2/c1-4-5-6-7-8-9-18-33-24-16-14-23(15-17-24)25-19-26(30-29-25)27(32)31-28-21(3)22-12-10-20(2)11-13-22/h10-17,19H,4-9,18H2,1-3H3,(H,29,30)(H,31,32)/b28-21-. The number of ether oxygens (including phenoxy) is 1. The minimum absolute atomic E-state index is 0.334. The Labute approximate surface area is 196 Å². The van der Waals surface area contributed by atoms with Crippen molar-refractivity contribution in [3.63, 3.8) is 0 Å². The smallest absolute Gasteiger partial charge is 0.289 e. The highest BCUT2D eigenvalue weighted by Gasteiger charge is 2.11. The Balaban J connectivity index is 1.49. The maximum absolute atomic E-state index is 12.5. The first kappa shape index (κ1) is 24.2. The largest absolute Gasteiger partial charge is 0.494 e. The molecule has 3 aromatic rings. The van der Waals surface area contributed by atoms with E-state index in [9.17, 15) is 4.79 Å². The molecule has 0 spiro atoms. The summed E-state index contributed by atoms with van der Waals surface area (Å²) in [4.78, 5) is 12.5. The summed E-state index contributed by atoms with van der Waals surface area (Å²) in [6.07, 6.45) is 7.47. The molecular weight excluding hydrogens is 412 g/mol. The number of aromatic amines is 1. The molecule has 1 heterocycles. The predicted molar refractivity (Wildman–Crippen MR) is 134 cm³/mol. The molecule has 0 saturated heterocycles. The molecule has 0 fully saturated rings. The molecule has 0 bridgehead atoms. The van der Waals surface area contributed by atoms with E-state index in [0.29, 0.717) is 11.4 Å². The number of carbonyl (C=O) groups excluding carboxylic acids is 1. The number of hydrogen-bond donors (Lipinski definition) is 2.